The maximum atomic E-state index is 3.47. The van der Waals surface area contributed by atoms with Crippen LogP contribution in [-0.2, 0) is 0 Å². The van der Waals surface area contributed by atoms with Gasteiger partial charge in [-0.3, -0.25) is 0 Å². The van der Waals surface area contributed by atoms with E-state index >= 15 is 0 Å². The summed E-state index contributed by atoms with van der Waals surface area (Å²) in [6.07, 6.45) is 6.16. The normalized spacial score (nSPS) is 12.3. The van der Waals surface area contributed by atoms with Crippen molar-refractivity contribution in [3.05, 3.63) is 52.5 Å². The molecule has 2 heteroatoms. The lowest BCUT2D eigenvalue weighted by Gasteiger charge is -1.92. The summed E-state index contributed by atoms with van der Waals surface area (Å²) in [5.74, 6) is 0. The first-order valence-corrected chi connectivity index (χ1v) is 5.89. The summed E-state index contributed by atoms with van der Waals surface area (Å²) in [5.41, 5.74) is 1.20. The molecule has 0 amide bonds. The van der Waals surface area contributed by atoms with Gasteiger partial charge in [0.1, 0.15) is 0 Å². The Hall–Kier alpha value is -0.340. The van der Waals surface area contributed by atoms with Crippen LogP contribution < -0.4 is 0 Å². The second kappa shape index (κ2) is 6.17. The lowest BCUT2D eigenvalue weighted by molar-refractivity contribution is 1.65. The van der Waals surface area contributed by atoms with E-state index in [1.54, 1.807) is 0 Å². The van der Waals surface area contributed by atoms with Crippen LogP contribution in [0.25, 0.3) is 6.08 Å². The molecule has 0 bridgehead atoms. The van der Waals surface area contributed by atoms with Crippen LogP contribution >= 0.6 is 31.9 Å². The predicted octanol–water partition coefficient (Wildman–Crippen LogP) is 4.37. The minimum absolute atomic E-state index is 0.880. The molecule has 0 aliphatic rings. The zero-order valence-corrected chi connectivity index (χ0v) is 10.3. The average molecular weight is 302 g/mol. The summed E-state index contributed by atoms with van der Waals surface area (Å²) in [5, 5.41) is 0.880. The molecule has 0 aromatic heterocycles. The van der Waals surface area contributed by atoms with Crippen LogP contribution in [0, 0.1) is 0 Å². The number of alkyl halides is 1. The number of allylic oxidation sites excluding steroid dienone is 3. The van der Waals surface area contributed by atoms with Gasteiger partial charge in [0, 0.05) is 9.81 Å². The molecule has 0 spiro atoms. The molecule has 0 heterocycles. The molecule has 0 unspecified atom stereocenters. The number of halogens is 2. The molecule has 1 aromatic rings. The molecule has 0 saturated carbocycles. The minimum Gasteiger partial charge on any atom is -0.0883 e. The van der Waals surface area contributed by atoms with Gasteiger partial charge in [0.25, 0.3) is 0 Å². The Morgan fingerprint density at radius 2 is 1.92 bits per heavy atom. The van der Waals surface area contributed by atoms with E-state index in [9.17, 15) is 0 Å². The molecule has 68 valence electrons. The van der Waals surface area contributed by atoms with Crippen molar-refractivity contribution in [2.75, 3.05) is 5.33 Å². The summed E-state index contributed by atoms with van der Waals surface area (Å²) in [6.45, 7) is 0. The molecule has 0 aliphatic heterocycles. The monoisotopic (exact) mass is 300 g/mol. The lowest BCUT2D eigenvalue weighted by Crippen LogP contribution is -1.70. The highest BCUT2D eigenvalue weighted by Gasteiger charge is 1.86. The molecule has 0 N–H and O–H groups in total. The fourth-order valence-electron chi connectivity index (χ4n) is 0.914. The number of benzene rings is 1. The minimum atomic E-state index is 0.880. The van der Waals surface area contributed by atoms with Crippen molar-refractivity contribution in [1.82, 2.24) is 0 Å². The van der Waals surface area contributed by atoms with Gasteiger partial charge in [-0.15, -0.1) is 0 Å². The van der Waals surface area contributed by atoms with Gasteiger partial charge in [-0.25, -0.2) is 0 Å². The highest BCUT2D eigenvalue weighted by atomic mass is 79.9. The molecule has 0 atom stereocenters. The van der Waals surface area contributed by atoms with Crippen molar-refractivity contribution < 1.29 is 0 Å². The van der Waals surface area contributed by atoms with Crippen LogP contribution in [0.15, 0.2) is 47.0 Å². The second-order valence-corrected chi connectivity index (χ2v) is 4.06. The highest BCUT2D eigenvalue weighted by molar-refractivity contribution is 9.12. The second-order valence-electron chi connectivity index (χ2n) is 2.50. The van der Waals surface area contributed by atoms with Gasteiger partial charge in [-0.1, -0.05) is 74.3 Å². The standard InChI is InChI=1S/C11H10Br2/c12-8-4-7-11(13)9-10-5-2-1-3-6-10/h1-7,9H,8H2/b7-4+,11-9?. The maximum Gasteiger partial charge on any atom is 0.0215 e. The molecule has 1 aromatic carbocycles. The van der Waals surface area contributed by atoms with E-state index in [1.165, 1.54) is 5.56 Å². The van der Waals surface area contributed by atoms with Crippen molar-refractivity contribution in [3.8, 4) is 0 Å². The third kappa shape index (κ3) is 4.44. The van der Waals surface area contributed by atoms with E-state index in [-0.39, 0.29) is 0 Å². The van der Waals surface area contributed by atoms with Crippen LogP contribution in [0.5, 0.6) is 0 Å². The highest BCUT2D eigenvalue weighted by Crippen LogP contribution is 2.13. The quantitative estimate of drug-likeness (QED) is 0.574. The maximum absolute atomic E-state index is 3.47. The summed E-state index contributed by atoms with van der Waals surface area (Å²) < 4.78 is 1.08. The van der Waals surface area contributed by atoms with E-state index in [4.69, 9.17) is 0 Å². The molecule has 0 saturated heterocycles. The first kappa shape index (κ1) is 10.7. The Balaban J connectivity index is 2.71. The molecular weight excluding hydrogens is 292 g/mol. The Morgan fingerprint density at radius 1 is 1.23 bits per heavy atom. The smallest absolute Gasteiger partial charge is 0.0215 e. The van der Waals surface area contributed by atoms with Crippen molar-refractivity contribution >= 4 is 37.9 Å². The third-order valence-electron chi connectivity index (χ3n) is 1.47. The number of hydrogen-bond acceptors (Lipinski definition) is 0. The van der Waals surface area contributed by atoms with Gasteiger partial charge >= 0.3 is 0 Å². The molecule has 1 rings (SSSR count). The fourth-order valence-corrected chi connectivity index (χ4v) is 1.55. The molecule has 0 fully saturated rings. The van der Waals surface area contributed by atoms with Gasteiger partial charge in [0.2, 0.25) is 0 Å². The van der Waals surface area contributed by atoms with Crippen molar-refractivity contribution in [1.29, 1.82) is 0 Å². The first-order valence-electron chi connectivity index (χ1n) is 3.97. The predicted molar refractivity (Wildman–Crippen MR) is 66.3 cm³/mol. The molecular formula is C11H10Br2. The van der Waals surface area contributed by atoms with E-state index in [2.05, 4.69) is 50.1 Å². The Labute approximate surface area is 95.6 Å². The molecule has 0 radical (unpaired) electrons. The van der Waals surface area contributed by atoms with Gasteiger partial charge in [0.15, 0.2) is 0 Å². The van der Waals surface area contributed by atoms with Gasteiger partial charge in [0.05, 0.1) is 0 Å². The largest absolute Gasteiger partial charge is 0.0883 e. The average Bonchev–Trinajstić information content (AvgIpc) is 2.16. The van der Waals surface area contributed by atoms with E-state index in [0.29, 0.717) is 0 Å². The summed E-state index contributed by atoms with van der Waals surface area (Å²) in [4.78, 5) is 0. The zero-order chi connectivity index (χ0) is 9.52. The van der Waals surface area contributed by atoms with Crippen LogP contribution in [0.3, 0.4) is 0 Å². The Kier molecular flexibility index (Phi) is 5.09. The van der Waals surface area contributed by atoms with Crippen molar-refractivity contribution in [2.24, 2.45) is 0 Å². The Morgan fingerprint density at radius 3 is 2.54 bits per heavy atom. The third-order valence-corrected chi connectivity index (χ3v) is 2.34. The summed E-state index contributed by atoms with van der Waals surface area (Å²) in [6, 6.07) is 10.2. The molecule has 13 heavy (non-hydrogen) atoms. The SMILES string of the molecule is BrC/C=C/C(Br)=Cc1ccccc1. The fraction of sp³-hybridized carbons (Fsp3) is 0.0909. The van der Waals surface area contributed by atoms with Crippen LogP contribution in [0.2, 0.25) is 0 Å². The van der Waals surface area contributed by atoms with Gasteiger partial charge in [-0.05, 0) is 11.6 Å². The van der Waals surface area contributed by atoms with Crippen molar-refractivity contribution in [2.45, 2.75) is 0 Å². The van der Waals surface area contributed by atoms with Gasteiger partial charge in [-0.2, -0.15) is 0 Å². The van der Waals surface area contributed by atoms with E-state index < -0.39 is 0 Å². The zero-order valence-electron chi connectivity index (χ0n) is 7.08. The van der Waals surface area contributed by atoms with Crippen molar-refractivity contribution in [3.63, 3.8) is 0 Å². The van der Waals surface area contributed by atoms with Crippen LogP contribution in [-0.4, -0.2) is 5.33 Å². The van der Waals surface area contributed by atoms with Crippen LogP contribution in [0.1, 0.15) is 5.56 Å². The Bertz CT molecular complexity index is 299. The molecule has 0 aliphatic carbocycles. The topological polar surface area (TPSA) is 0 Å². The van der Waals surface area contributed by atoms with E-state index in [0.717, 1.165) is 9.81 Å². The summed E-state index contributed by atoms with van der Waals surface area (Å²) >= 11 is 6.80. The lowest BCUT2D eigenvalue weighted by atomic mass is 10.2. The molecule has 0 nitrogen and oxygen atoms in total. The number of hydrogen-bond donors (Lipinski definition) is 0. The van der Waals surface area contributed by atoms with E-state index in [1.807, 2.05) is 30.4 Å². The summed E-state index contributed by atoms with van der Waals surface area (Å²) in [7, 11) is 0. The number of rotatable bonds is 3. The van der Waals surface area contributed by atoms with Crippen LogP contribution in [0.4, 0.5) is 0 Å². The first-order chi connectivity index (χ1) is 6.33. The van der Waals surface area contributed by atoms with Gasteiger partial charge < -0.3 is 0 Å².